The maximum atomic E-state index is 12.0. The molecule has 108 valence electrons. The van der Waals surface area contributed by atoms with E-state index in [2.05, 4.69) is 4.90 Å². The number of amides is 1. The SMILES string of the molecule is CC(=O)[C@@H](c1ccccc1)N1CCN(C(=O)O)[C@H](C)C1. The average molecular weight is 276 g/mol. The van der Waals surface area contributed by atoms with Crippen LogP contribution in [0.1, 0.15) is 25.5 Å². The van der Waals surface area contributed by atoms with E-state index >= 15 is 0 Å². The zero-order chi connectivity index (χ0) is 14.7. The van der Waals surface area contributed by atoms with Crippen molar-refractivity contribution >= 4 is 11.9 Å². The quantitative estimate of drug-likeness (QED) is 0.917. The highest BCUT2D eigenvalue weighted by atomic mass is 16.4. The lowest BCUT2D eigenvalue weighted by Crippen LogP contribution is -2.55. The summed E-state index contributed by atoms with van der Waals surface area (Å²) < 4.78 is 0. The number of hydrogen-bond acceptors (Lipinski definition) is 3. The Kier molecular flexibility index (Phi) is 4.39. The number of carbonyl (C=O) groups excluding carboxylic acids is 1. The van der Waals surface area contributed by atoms with Crippen LogP contribution in [0.2, 0.25) is 0 Å². The van der Waals surface area contributed by atoms with E-state index in [0.717, 1.165) is 5.56 Å². The van der Waals surface area contributed by atoms with Crippen molar-refractivity contribution in [3.63, 3.8) is 0 Å². The smallest absolute Gasteiger partial charge is 0.407 e. The second kappa shape index (κ2) is 6.05. The fourth-order valence-corrected chi connectivity index (χ4v) is 2.84. The lowest BCUT2D eigenvalue weighted by atomic mass is 10.00. The van der Waals surface area contributed by atoms with E-state index in [4.69, 9.17) is 5.11 Å². The molecule has 1 saturated heterocycles. The number of ketones is 1. The van der Waals surface area contributed by atoms with E-state index in [1.54, 1.807) is 6.92 Å². The summed E-state index contributed by atoms with van der Waals surface area (Å²) in [6.45, 7) is 5.06. The summed E-state index contributed by atoms with van der Waals surface area (Å²) in [6, 6.07) is 9.26. The van der Waals surface area contributed by atoms with Crippen LogP contribution in [0.4, 0.5) is 4.79 Å². The van der Waals surface area contributed by atoms with Crippen LogP contribution in [-0.2, 0) is 4.79 Å². The number of nitrogens with zero attached hydrogens (tertiary/aromatic N) is 2. The van der Waals surface area contributed by atoms with Crippen molar-refractivity contribution in [2.45, 2.75) is 25.9 Å². The number of Topliss-reactive ketones (excluding diaryl/α,β-unsaturated/α-hetero) is 1. The molecule has 0 saturated carbocycles. The van der Waals surface area contributed by atoms with Crippen LogP contribution in [0.5, 0.6) is 0 Å². The highest BCUT2D eigenvalue weighted by Gasteiger charge is 2.33. The molecule has 1 aromatic rings. The maximum Gasteiger partial charge on any atom is 0.407 e. The number of benzene rings is 1. The summed E-state index contributed by atoms with van der Waals surface area (Å²) in [5, 5.41) is 9.10. The minimum absolute atomic E-state index is 0.0900. The summed E-state index contributed by atoms with van der Waals surface area (Å²) in [5.41, 5.74) is 0.968. The molecule has 5 heteroatoms. The monoisotopic (exact) mass is 276 g/mol. The van der Waals surface area contributed by atoms with Crippen molar-refractivity contribution < 1.29 is 14.7 Å². The molecule has 0 spiro atoms. The topological polar surface area (TPSA) is 60.9 Å². The Morgan fingerprint density at radius 2 is 1.90 bits per heavy atom. The van der Waals surface area contributed by atoms with Gasteiger partial charge >= 0.3 is 6.09 Å². The minimum atomic E-state index is -0.892. The zero-order valence-electron chi connectivity index (χ0n) is 11.8. The first-order valence-electron chi connectivity index (χ1n) is 6.79. The van der Waals surface area contributed by atoms with Crippen molar-refractivity contribution in [2.24, 2.45) is 0 Å². The Hall–Kier alpha value is -1.88. The molecule has 1 fully saturated rings. The van der Waals surface area contributed by atoms with Crippen LogP contribution in [0, 0.1) is 0 Å². The standard InChI is InChI=1S/C15H20N2O3/c1-11-10-16(8-9-17(11)15(19)20)14(12(2)18)13-6-4-3-5-7-13/h3-7,11,14H,8-10H2,1-2H3,(H,19,20)/t11-,14+/m1/s1. The summed E-state index contributed by atoms with van der Waals surface area (Å²) in [5.74, 6) is 0.0900. The molecular weight excluding hydrogens is 256 g/mol. The van der Waals surface area contributed by atoms with Gasteiger partial charge in [0.25, 0.3) is 0 Å². The first kappa shape index (κ1) is 14.5. The van der Waals surface area contributed by atoms with Gasteiger partial charge in [0.15, 0.2) is 5.78 Å². The average Bonchev–Trinajstić information content (AvgIpc) is 2.39. The van der Waals surface area contributed by atoms with Crippen molar-refractivity contribution in [1.29, 1.82) is 0 Å². The van der Waals surface area contributed by atoms with E-state index in [0.29, 0.717) is 19.6 Å². The lowest BCUT2D eigenvalue weighted by Gasteiger charge is -2.41. The minimum Gasteiger partial charge on any atom is -0.465 e. The molecular formula is C15H20N2O3. The Balaban J connectivity index is 2.17. The molecule has 1 heterocycles. The highest BCUT2D eigenvalue weighted by molar-refractivity contribution is 5.83. The molecule has 0 unspecified atom stereocenters. The van der Waals surface area contributed by atoms with Gasteiger partial charge in [-0.05, 0) is 19.4 Å². The van der Waals surface area contributed by atoms with Crippen LogP contribution in [-0.4, -0.2) is 52.5 Å². The van der Waals surface area contributed by atoms with Crippen molar-refractivity contribution in [3.05, 3.63) is 35.9 Å². The van der Waals surface area contributed by atoms with Crippen LogP contribution in [0.3, 0.4) is 0 Å². The highest BCUT2D eigenvalue weighted by Crippen LogP contribution is 2.24. The summed E-state index contributed by atoms with van der Waals surface area (Å²) in [4.78, 5) is 26.6. The molecule has 0 aliphatic carbocycles. The third kappa shape index (κ3) is 2.99. The molecule has 1 amide bonds. The molecule has 1 N–H and O–H groups in total. The predicted octanol–water partition coefficient (Wildman–Crippen LogP) is 2.00. The van der Waals surface area contributed by atoms with Gasteiger partial charge in [0, 0.05) is 25.7 Å². The summed E-state index contributed by atoms with van der Waals surface area (Å²) in [7, 11) is 0. The number of hydrogen-bond donors (Lipinski definition) is 1. The number of carbonyl (C=O) groups is 2. The third-order valence-corrected chi connectivity index (χ3v) is 3.77. The Morgan fingerprint density at radius 3 is 2.40 bits per heavy atom. The zero-order valence-corrected chi connectivity index (χ0v) is 11.8. The predicted molar refractivity (Wildman–Crippen MR) is 75.6 cm³/mol. The van der Waals surface area contributed by atoms with Gasteiger partial charge in [0.2, 0.25) is 0 Å². The van der Waals surface area contributed by atoms with Gasteiger partial charge < -0.3 is 10.0 Å². The third-order valence-electron chi connectivity index (χ3n) is 3.77. The fourth-order valence-electron chi connectivity index (χ4n) is 2.84. The van der Waals surface area contributed by atoms with Gasteiger partial charge in [-0.25, -0.2) is 4.79 Å². The van der Waals surface area contributed by atoms with E-state index in [1.165, 1.54) is 4.90 Å². The van der Waals surface area contributed by atoms with E-state index < -0.39 is 6.09 Å². The van der Waals surface area contributed by atoms with E-state index in [-0.39, 0.29) is 17.9 Å². The summed E-state index contributed by atoms with van der Waals surface area (Å²) in [6.07, 6.45) is -0.892. The largest absolute Gasteiger partial charge is 0.465 e. The van der Waals surface area contributed by atoms with Crippen molar-refractivity contribution in [2.75, 3.05) is 19.6 Å². The van der Waals surface area contributed by atoms with Crippen molar-refractivity contribution in [3.8, 4) is 0 Å². The number of piperazine rings is 1. The lowest BCUT2D eigenvalue weighted by molar-refractivity contribution is -0.123. The number of carboxylic acid groups (broad SMARTS) is 1. The molecule has 1 aromatic carbocycles. The van der Waals surface area contributed by atoms with Crippen LogP contribution in [0.25, 0.3) is 0 Å². The molecule has 1 aliphatic heterocycles. The molecule has 1 aliphatic rings. The van der Waals surface area contributed by atoms with Gasteiger partial charge in [-0.2, -0.15) is 0 Å². The molecule has 2 atom stereocenters. The van der Waals surface area contributed by atoms with Gasteiger partial charge in [-0.15, -0.1) is 0 Å². The van der Waals surface area contributed by atoms with Gasteiger partial charge in [-0.3, -0.25) is 9.69 Å². The molecule has 0 bridgehead atoms. The van der Waals surface area contributed by atoms with E-state index in [9.17, 15) is 9.59 Å². The Morgan fingerprint density at radius 1 is 1.25 bits per heavy atom. The maximum absolute atomic E-state index is 12.0. The fraction of sp³-hybridized carbons (Fsp3) is 0.467. The number of rotatable bonds is 3. The molecule has 0 radical (unpaired) electrons. The van der Waals surface area contributed by atoms with E-state index in [1.807, 2.05) is 37.3 Å². The van der Waals surface area contributed by atoms with Gasteiger partial charge in [0.05, 0.1) is 6.04 Å². The first-order valence-corrected chi connectivity index (χ1v) is 6.79. The van der Waals surface area contributed by atoms with Crippen molar-refractivity contribution in [1.82, 2.24) is 9.80 Å². The normalized spacial score (nSPS) is 21.5. The van der Waals surface area contributed by atoms with Crippen LogP contribution >= 0.6 is 0 Å². The Bertz CT molecular complexity index is 489. The molecule has 0 aromatic heterocycles. The molecule has 5 nitrogen and oxygen atoms in total. The Labute approximate surface area is 118 Å². The first-order chi connectivity index (χ1) is 9.50. The van der Waals surface area contributed by atoms with Gasteiger partial charge in [-0.1, -0.05) is 30.3 Å². The van der Waals surface area contributed by atoms with Crippen LogP contribution < -0.4 is 0 Å². The van der Waals surface area contributed by atoms with Crippen LogP contribution in [0.15, 0.2) is 30.3 Å². The van der Waals surface area contributed by atoms with Gasteiger partial charge in [0.1, 0.15) is 0 Å². The second-order valence-corrected chi connectivity index (χ2v) is 5.24. The molecule has 2 rings (SSSR count). The second-order valence-electron chi connectivity index (χ2n) is 5.24. The molecule has 20 heavy (non-hydrogen) atoms. The summed E-state index contributed by atoms with van der Waals surface area (Å²) >= 11 is 0.